The van der Waals surface area contributed by atoms with Crippen LogP contribution in [0.15, 0.2) is 85.5 Å². The lowest BCUT2D eigenvalue weighted by molar-refractivity contribution is 0.0728. The number of halogens is 4. The van der Waals surface area contributed by atoms with Gasteiger partial charge >= 0.3 is 5.97 Å². The Kier molecular flexibility index (Phi) is 8.26. The SMILES string of the molecule is C=CCCCOc1ccc(-c2ccc(OC(=O)c3ccc(-c4ccc(C)cc4)c(F)c3F)cc2)c(F)c1F. The normalized spacial score (nSPS) is 10.8. The van der Waals surface area contributed by atoms with Gasteiger partial charge in [0, 0.05) is 11.1 Å². The van der Waals surface area contributed by atoms with Crippen LogP contribution in [-0.4, -0.2) is 12.6 Å². The number of allylic oxidation sites excluding steroid dienone is 1. The second-order valence-electron chi connectivity index (χ2n) is 8.59. The van der Waals surface area contributed by atoms with Gasteiger partial charge in [-0.25, -0.2) is 18.0 Å². The maximum atomic E-state index is 14.7. The molecule has 38 heavy (non-hydrogen) atoms. The lowest BCUT2D eigenvalue weighted by Gasteiger charge is -2.11. The average molecular weight is 521 g/mol. The van der Waals surface area contributed by atoms with Crippen molar-refractivity contribution in [3.8, 4) is 33.8 Å². The summed E-state index contributed by atoms with van der Waals surface area (Å²) in [5, 5.41) is 0. The highest BCUT2D eigenvalue weighted by Crippen LogP contribution is 2.32. The summed E-state index contributed by atoms with van der Waals surface area (Å²) >= 11 is 0. The topological polar surface area (TPSA) is 35.5 Å². The van der Waals surface area contributed by atoms with Crippen molar-refractivity contribution in [1.82, 2.24) is 0 Å². The summed E-state index contributed by atoms with van der Waals surface area (Å²) in [5.74, 6) is -5.95. The number of benzene rings is 4. The Morgan fingerprint density at radius 1 is 0.763 bits per heavy atom. The third kappa shape index (κ3) is 5.78. The van der Waals surface area contributed by atoms with Crippen LogP contribution in [0.4, 0.5) is 17.6 Å². The van der Waals surface area contributed by atoms with Gasteiger partial charge in [0.25, 0.3) is 0 Å². The number of hydrogen-bond donors (Lipinski definition) is 0. The molecule has 0 N–H and O–H groups in total. The molecule has 0 saturated heterocycles. The fourth-order valence-corrected chi connectivity index (χ4v) is 3.80. The smallest absolute Gasteiger partial charge is 0.346 e. The maximum absolute atomic E-state index is 14.7. The Morgan fingerprint density at radius 2 is 1.34 bits per heavy atom. The van der Waals surface area contributed by atoms with Crippen molar-refractivity contribution in [2.24, 2.45) is 0 Å². The van der Waals surface area contributed by atoms with Gasteiger partial charge in [0.2, 0.25) is 5.82 Å². The van der Waals surface area contributed by atoms with Crippen molar-refractivity contribution in [2.75, 3.05) is 6.61 Å². The summed E-state index contributed by atoms with van der Waals surface area (Å²) in [6, 6.07) is 17.6. The fraction of sp³-hybridized carbons (Fsp3) is 0.129. The van der Waals surface area contributed by atoms with Gasteiger partial charge in [-0.15, -0.1) is 6.58 Å². The molecule has 3 nitrogen and oxygen atoms in total. The van der Waals surface area contributed by atoms with Crippen molar-refractivity contribution in [3.05, 3.63) is 120 Å². The van der Waals surface area contributed by atoms with E-state index in [2.05, 4.69) is 6.58 Å². The van der Waals surface area contributed by atoms with E-state index >= 15 is 0 Å². The van der Waals surface area contributed by atoms with E-state index < -0.39 is 34.8 Å². The fourth-order valence-electron chi connectivity index (χ4n) is 3.80. The lowest BCUT2D eigenvalue weighted by Crippen LogP contribution is -2.12. The zero-order valence-corrected chi connectivity index (χ0v) is 20.6. The van der Waals surface area contributed by atoms with Gasteiger partial charge in [0.1, 0.15) is 5.75 Å². The molecule has 0 radical (unpaired) electrons. The van der Waals surface area contributed by atoms with Crippen LogP contribution in [0.2, 0.25) is 0 Å². The predicted molar refractivity (Wildman–Crippen MR) is 138 cm³/mol. The molecule has 0 atom stereocenters. The molecule has 0 amide bonds. The van der Waals surface area contributed by atoms with Crippen LogP contribution < -0.4 is 9.47 Å². The average Bonchev–Trinajstić information content (AvgIpc) is 2.91. The quantitative estimate of drug-likeness (QED) is 0.0730. The van der Waals surface area contributed by atoms with Gasteiger partial charge < -0.3 is 9.47 Å². The number of rotatable bonds is 9. The highest BCUT2D eigenvalue weighted by Gasteiger charge is 2.21. The summed E-state index contributed by atoms with van der Waals surface area (Å²) in [6.07, 6.45) is 3.03. The Morgan fingerprint density at radius 3 is 1.97 bits per heavy atom. The van der Waals surface area contributed by atoms with Crippen molar-refractivity contribution >= 4 is 5.97 Å². The van der Waals surface area contributed by atoms with Crippen LogP contribution in [0.3, 0.4) is 0 Å². The molecule has 0 aromatic heterocycles. The molecule has 0 unspecified atom stereocenters. The van der Waals surface area contributed by atoms with E-state index in [1.165, 1.54) is 42.5 Å². The molecular formula is C31H24F4O3. The first-order chi connectivity index (χ1) is 18.3. The van der Waals surface area contributed by atoms with Crippen molar-refractivity contribution in [1.29, 1.82) is 0 Å². The van der Waals surface area contributed by atoms with Gasteiger partial charge in [-0.2, -0.15) is 4.39 Å². The van der Waals surface area contributed by atoms with Crippen LogP contribution in [0.25, 0.3) is 22.3 Å². The van der Waals surface area contributed by atoms with E-state index in [4.69, 9.17) is 9.47 Å². The number of carbonyl (C=O) groups excluding carboxylic acids is 1. The molecule has 0 fully saturated rings. The van der Waals surface area contributed by atoms with E-state index in [1.807, 2.05) is 6.92 Å². The van der Waals surface area contributed by atoms with Crippen LogP contribution >= 0.6 is 0 Å². The summed E-state index contributed by atoms with van der Waals surface area (Å²) in [4.78, 5) is 12.5. The zero-order chi connectivity index (χ0) is 27.2. The molecule has 0 aliphatic carbocycles. The third-order valence-corrected chi connectivity index (χ3v) is 5.90. The maximum Gasteiger partial charge on any atom is 0.346 e. The van der Waals surface area contributed by atoms with Crippen LogP contribution in [0, 0.1) is 30.2 Å². The monoisotopic (exact) mass is 520 g/mol. The van der Waals surface area contributed by atoms with Gasteiger partial charge in [0.15, 0.2) is 23.2 Å². The number of esters is 1. The first kappa shape index (κ1) is 26.7. The van der Waals surface area contributed by atoms with Crippen LogP contribution in [0.1, 0.15) is 28.8 Å². The molecule has 7 heteroatoms. The van der Waals surface area contributed by atoms with E-state index in [-0.39, 0.29) is 29.2 Å². The first-order valence-electron chi connectivity index (χ1n) is 11.9. The molecule has 0 heterocycles. The summed E-state index contributed by atoms with van der Waals surface area (Å²) in [6.45, 7) is 5.69. The number of carbonyl (C=O) groups is 1. The van der Waals surface area contributed by atoms with Crippen molar-refractivity contribution in [2.45, 2.75) is 19.8 Å². The zero-order valence-electron chi connectivity index (χ0n) is 20.6. The molecule has 4 aromatic carbocycles. The Bertz CT molecular complexity index is 1460. The molecule has 0 saturated carbocycles. The minimum atomic E-state index is -1.32. The summed E-state index contributed by atoms with van der Waals surface area (Å²) in [7, 11) is 0. The Labute approximate surface area is 218 Å². The number of unbranched alkanes of at least 4 members (excludes halogenated alkanes) is 1. The first-order valence-corrected chi connectivity index (χ1v) is 11.9. The summed E-state index contributed by atoms with van der Waals surface area (Å²) < 4.78 is 69.1. The van der Waals surface area contributed by atoms with E-state index in [0.717, 1.165) is 11.6 Å². The number of hydrogen-bond acceptors (Lipinski definition) is 3. The number of ether oxygens (including phenoxy) is 2. The van der Waals surface area contributed by atoms with E-state index in [9.17, 15) is 22.4 Å². The van der Waals surface area contributed by atoms with Gasteiger partial charge in [-0.1, -0.05) is 54.1 Å². The molecule has 0 aliphatic heterocycles. The second-order valence-corrected chi connectivity index (χ2v) is 8.59. The van der Waals surface area contributed by atoms with Crippen molar-refractivity contribution < 1.29 is 31.8 Å². The molecule has 194 valence electrons. The highest BCUT2D eigenvalue weighted by molar-refractivity contribution is 5.92. The largest absolute Gasteiger partial charge is 0.490 e. The minimum Gasteiger partial charge on any atom is -0.490 e. The van der Waals surface area contributed by atoms with Gasteiger partial charge in [0.05, 0.1) is 12.2 Å². The van der Waals surface area contributed by atoms with E-state index in [1.54, 1.807) is 30.3 Å². The molecule has 0 spiro atoms. The van der Waals surface area contributed by atoms with Crippen LogP contribution in [-0.2, 0) is 0 Å². The van der Waals surface area contributed by atoms with Gasteiger partial charge in [-0.05, 0) is 61.2 Å². The second kappa shape index (κ2) is 11.8. The Hall–Kier alpha value is -4.39. The molecule has 4 aromatic rings. The number of aryl methyl sites for hydroxylation is 1. The standard InChI is InChI=1S/C31H24F4O3/c1-3-4-5-18-37-26-17-16-24(28(33)30(26)35)21-10-12-22(13-11-21)38-31(36)25-15-14-23(27(32)29(25)34)20-8-6-19(2)7-9-20/h3,6-17H,1,4-5,18H2,2H3. The van der Waals surface area contributed by atoms with Gasteiger partial charge in [-0.3, -0.25) is 0 Å². The lowest BCUT2D eigenvalue weighted by atomic mass is 10.0. The molecule has 0 aliphatic rings. The summed E-state index contributed by atoms with van der Waals surface area (Å²) in [5.41, 5.74) is 1.19. The highest BCUT2D eigenvalue weighted by atomic mass is 19.2. The third-order valence-electron chi connectivity index (χ3n) is 5.90. The molecule has 4 rings (SSSR count). The predicted octanol–water partition coefficient (Wildman–Crippen LogP) is 8.45. The van der Waals surface area contributed by atoms with Crippen LogP contribution in [0.5, 0.6) is 11.5 Å². The minimum absolute atomic E-state index is 0.0152. The van der Waals surface area contributed by atoms with E-state index in [0.29, 0.717) is 24.0 Å². The Balaban J connectivity index is 1.48. The molecular weight excluding hydrogens is 496 g/mol. The van der Waals surface area contributed by atoms with Crippen molar-refractivity contribution in [3.63, 3.8) is 0 Å². The molecule has 0 bridgehead atoms.